The van der Waals surface area contributed by atoms with Crippen molar-refractivity contribution in [3.8, 4) is 0 Å². The van der Waals surface area contributed by atoms with Crippen LogP contribution >= 0.6 is 0 Å². The van der Waals surface area contributed by atoms with Crippen molar-refractivity contribution >= 4 is 16.6 Å². The van der Waals surface area contributed by atoms with E-state index in [-0.39, 0.29) is 23.9 Å². The van der Waals surface area contributed by atoms with Crippen LogP contribution < -0.4 is 0 Å². The van der Waals surface area contributed by atoms with E-state index in [0.717, 1.165) is 0 Å². The van der Waals surface area contributed by atoms with Crippen LogP contribution in [0.1, 0.15) is 10.4 Å². The number of benzene rings is 1. The molecule has 0 aromatic heterocycles. The van der Waals surface area contributed by atoms with E-state index >= 15 is 0 Å². The maximum absolute atomic E-state index is 11.5. The van der Waals surface area contributed by atoms with Gasteiger partial charge in [0.2, 0.25) is 0 Å². The van der Waals surface area contributed by atoms with Gasteiger partial charge in [0.1, 0.15) is 0 Å². The van der Waals surface area contributed by atoms with Crippen molar-refractivity contribution in [3.05, 3.63) is 35.9 Å². The Labute approximate surface area is 85.2 Å². The lowest BCUT2D eigenvalue weighted by Crippen LogP contribution is -2.14. The Morgan fingerprint density at radius 1 is 1.29 bits per heavy atom. The second-order valence-electron chi connectivity index (χ2n) is 2.80. The number of hydrogen-bond acceptors (Lipinski definition) is 3. The summed E-state index contributed by atoms with van der Waals surface area (Å²) in [5.41, 5.74) is 0.568. The largest absolute Gasteiger partial charge is 0.395 e. The molecule has 14 heavy (non-hydrogen) atoms. The fraction of sp³-hybridized carbons (Fsp3) is 0.300. The number of aliphatic hydroxyl groups is 1. The van der Waals surface area contributed by atoms with Gasteiger partial charge in [0.05, 0.1) is 12.4 Å². The van der Waals surface area contributed by atoms with E-state index in [9.17, 15) is 9.00 Å². The first-order valence-corrected chi connectivity index (χ1v) is 5.77. The number of rotatable bonds is 5. The van der Waals surface area contributed by atoms with Gasteiger partial charge in [-0.1, -0.05) is 30.3 Å². The molecule has 0 radical (unpaired) electrons. The summed E-state index contributed by atoms with van der Waals surface area (Å²) >= 11 is 0. The zero-order valence-corrected chi connectivity index (χ0v) is 8.50. The smallest absolute Gasteiger partial charge is 0.175 e. The number of hydrogen-bond donors (Lipinski definition) is 1. The molecule has 0 aliphatic heterocycles. The fourth-order valence-corrected chi connectivity index (χ4v) is 1.83. The Morgan fingerprint density at radius 3 is 2.50 bits per heavy atom. The molecule has 0 aliphatic carbocycles. The predicted molar refractivity (Wildman–Crippen MR) is 55.7 cm³/mol. The highest BCUT2D eigenvalue weighted by molar-refractivity contribution is 7.85. The number of carbonyl (C=O) groups excluding carboxylic acids is 1. The van der Waals surface area contributed by atoms with Gasteiger partial charge in [-0.15, -0.1) is 0 Å². The van der Waals surface area contributed by atoms with E-state index < -0.39 is 10.8 Å². The van der Waals surface area contributed by atoms with Crippen LogP contribution in [0.4, 0.5) is 0 Å². The molecule has 1 rings (SSSR count). The Balaban J connectivity index is 2.55. The highest BCUT2D eigenvalue weighted by Crippen LogP contribution is 2.01. The van der Waals surface area contributed by atoms with Crippen molar-refractivity contribution in [1.82, 2.24) is 0 Å². The molecule has 4 heteroatoms. The lowest BCUT2D eigenvalue weighted by molar-refractivity contribution is 0.102. The zero-order chi connectivity index (χ0) is 10.4. The molecule has 1 N–H and O–H groups in total. The van der Waals surface area contributed by atoms with Crippen LogP contribution in [0.2, 0.25) is 0 Å². The summed E-state index contributed by atoms with van der Waals surface area (Å²) in [5.74, 6) is 0.0146. The summed E-state index contributed by atoms with van der Waals surface area (Å²) in [4.78, 5) is 11.5. The normalized spacial score (nSPS) is 12.4. The summed E-state index contributed by atoms with van der Waals surface area (Å²) in [6.07, 6.45) is 0. The monoisotopic (exact) mass is 212 g/mol. The molecule has 0 heterocycles. The first-order chi connectivity index (χ1) is 6.74. The summed E-state index contributed by atoms with van der Waals surface area (Å²) in [5, 5.41) is 8.52. The Morgan fingerprint density at radius 2 is 1.93 bits per heavy atom. The molecular weight excluding hydrogens is 200 g/mol. The van der Waals surface area contributed by atoms with Gasteiger partial charge in [0, 0.05) is 22.1 Å². The molecule has 1 aromatic carbocycles. The van der Waals surface area contributed by atoms with Crippen molar-refractivity contribution in [2.75, 3.05) is 18.1 Å². The molecule has 0 fully saturated rings. The van der Waals surface area contributed by atoms with Gasteiger partial charge in [0.25, 0.3) is 0 Å². The molecule has 1 atom stereocenters. The topological polar surface area (TPSA) is 54.4 Å². The minimum Gasteiger partial charge on any atom is -0.395 e. The van der Waals surface area contributed by atoms with E-state index in [4.69, 9.17) is 5.11 Å². The first-order valence-electron chi connectivity index (χ1n) is 4.28. The van der Waals surface area contributed by atoms with E-state index in [1.165, 1.54) is 0 Å². The maximum Gasteiger partial charge on any atom is 0.175 e. The molecular formula is C10H12O3S. The minimum absolute atomic E-state index is 0.00935. The first kappa shape index (κ1) is 11.1. The van der Waals surface area contributed by atoms with Crippen molar-refractivity contribution in [2.45, 2.75) is 0 Å². The molecule has 0 spiro atoms. The molecule has 0 saturated heterocycles. The van der Waals surface area contributed by atoms with E-state index in [0.29, 0.717) is 5.56 Å². The highest BCUT2D eigenvalue weighted by atomic mass is 32.2. The molecule has 76 valence electrons. The average molecular weight is 212 g/mol. The van der Waals surface area contributed by atoms with E-state index in [1.54, 1.807) is 24.3 Å². The molecule has 0 amide bonds. The standard InChI is InChI=1S/C10H12O3S/c11-6-7-14(13)8-10(12)9-4-2-1-3-5-9/h1-5,11H,6-8H2. The third-order valence-electron chi connectivity index (χ3n) is 1.71. The maximum atomic E-state index is 11.5. The van der Waals surface area contributed by atoms with Gasteiger partial charge < -0.3 is 5.11 Å². The van der Waals surface area contributed by atoms with Crippen LogP contribution in [-0.2, 0) is 10.8 Å². The summed E-state index contributed by atoms with van der Waals surface area (Å²) in [6, 6.07) is 8.74. The van der Waals surface area contributed by atoms with Crippen molar-refractivity contribution < 1.29 is 14.1 Å². The quantitative estimate of drug-likeness (QED) is 0.728. The van der Waals surface area contributed by atoms with Crippen LogP contribution in [0, 0.1) is 0 Å². The predicted octanol–water partition coefficient (Wildman–Crippen LogP) is 0.610. The van der Waals surface area contributed by atoms with Gasteiger partial charge in [-0.25, -0.2) is 0 Å². The Bertz CT molecular complexity index is 321. The minimum atomic E-state index is -1.25. The van der Waals surface area contributed by atoms with Crippen molar-refractivity contribution in [2.24, 2.45) is 0 Å². The van der Waals surface area contributed by atoms with Crippen molar-refractivity contribution in [3.63, 3.8) is 0 Å². The van der Waals surface area contributed by atoms with Crippen LogP contribution in [0.15, 0.2) is 30.3 Å². The lowest BCUT2D eigenvalue weighted by Gasteiger charge is -1.99. The molecule has 3 nitrogen and oxygen atoms in total. The number of ketones is 1. The Kier molecular flexibility index (Phi) is 4.49. The third-order valence-corrected chi connectivity index (χ3v) is 2.93. The van der Waals surface area contributed by atoms with Crippen LogP contribution in [0.25, 0.3) is 0 Å². The average Bonchev–Trinajstić information content (AvgIpc) is 2.19. The second kappa shape index (κ2) is 5.67. The van der Waals surface area contributed by atoms with Crippen molar-refractivity contribution in [1.29, 1.82) is 0 Å². The molecule has 1 unspecified atom stereocenters. The molecule has 0 bridgehead atoms. The molecule has 1 aromatic rings. The number of Topliss-reactive ketones (excluding diaryl/α,β-unsaturated/α-hetero) is 1. The van der Waals surface area contributed by atoms with Crippen LogP contribution in [-0.4, -0.2) is 33.2 Å². The Hall–Kier alpha value is -1.00. The van der Waals surface area contributed by atoms with Gasteiger partial charge in [-0.2, -0.15) is 0 Å². The molecule has 0 aliphatic rings. The third kappa shape index (κ3) is 3.40. The van der Waals surface area contributed by atoms with E-state index in [2.05, 4.69) is 0 Å². The zero-order valence-electron chi connectivity index (χ0n) is 7.68. The van der Waals surface area contributed by atoms with Crippen LogP contribution in [0.5, 0.6) is 0 Å². The number of aliphatic hydroxyl groups excluding tert-OH is 1. The molecule has 0 saturated carbocycles. The SMILES string of the molecule is O=C(CS(=O)CCO)c1ccccc1. The summed E-state index contributed by atoms with van der Waals surface area (Å²) < 4.78 is 11.2. The van der Waals surface area contributed by atoms with Crippen LogP contribution in [0.3, 0.4) is 0 Å². The highest BCUT2D eigenvalue weighted by Gasteiger charge is 2.09. The number of carbonyl (C=O) groups is 1. The van der Waals surface area contributed by atoms with Gasteiger partial charge in [-0.05, 0) is 0 Å². The fourth-order valence-electron chi connectivity index (χ4n) is 1.03. The van der Waals surface area contributed by atoms with Gasteiger partial charge in [-0.3, -0.25) is 9.00 Å². The second-order valence-corrected chi connectivity index (χ2v) is 4.38. The van der Waals surface area contributed by atoms with E-state index in [1.807, 2.05) is 6.07 Å². The van der Waals surface area contributed by atoms with Gasteiger partial charge in [0.15, 0.2) is 5.78 Å². The van der Waals surface area contributed by atoms with Gasteiger partial charge >= 0.3 is 0 Å². The summed E-state index contributed by atoms with van der Waals surface area (Å²) in [6.45, 7) is -0.144. The summed E-state index contributed by atoms with van der Waals surface area (Å²) in [7, 11) is -1.25. The lowest BCUT2D eigenvalue weighted by atomic mass is 10.2.